The molecule has 32 heavy (non-hydrogen) atoms. The van der Waals surface area contributed by atoms with Crippen LogP contribution >= 0.6 is 0 Å². The first-order valence-corrected chi connectivity index (χ1v) is 10.6. The molecule has 2 aromatic heterocycles. The number of benzene rings is 1. The Balaban J connectivity index is 1.75. The highest BCUT2D eigenvalue weighted by Crippen LogP contribution is 2.35. The van der Waals surface area contributed by atoms with E-state index in [1.807, 2.05) is 0 Å². The molecule has 170 valence electrons. The molecule has 0 aliphatic carbocycles. The van der Waals surface area contributed by atoms with E-state index in [2.05, 4.69) is 15.5 Å². The summed E-state index contributed by atoms with van der Waals surface area (Å²) in [6, 6.07) is 5.29. The molecule has 1 saturated heterocycles. The summed E-state index contributed by atoms with van der Waals surface area (Å²) < 4.78 is 47.2. The molecule has 0 bridgehead atoms. The van der Waals surface area contributed by atoms with Crippen LogP contribution in [-0.4, -0.2) is 28.0 Å². The van der Waals surface area contributed by atoms with E-state index in [0.717, 1.165) is 18.9 Å². The van der Waals surface area contributed by atoms with Gasteiger partial charge in [0.25, 0.3) is 5.56 Å². The molecule has 3 aromatic rings. The number of rotatable bonds is 4. The Hall–Kier alpha value is -2.94. The maximum Gasteiger partial charge on any atom is 0.416 e. The van der Waals surface area contributed by atoms with E-state index in [1.54, 1.807) is 36.7 Å². The lowest BCUT2D eigenvalue weighted by Crippen LogP contribution is -2.28. The van der Waals surface area contributed by atoms with E-state index in [9.17, 15) is 18.0 Å². The summed E-state index contributed by atoms with van der Waals surface area (Å²) >= 11 is 0. The van der Waals surface area contributed by atoms with E-state index in [4.69, 9.17) is 4.74 Å². The fourth-order valence-corrected chi connectivity index (χ4v) is 4.34. The molecule has 1 atom stereocenters. The van der Waals surface area contributed by atoms with Crippen molar-refractivity contribution in [2.24, 2.45) is 0 Å². The van der Waals surface area contributed by atoms with Gasteiger partial charge in [-0.2, -0.15) is 18.3 Å². The molecule has 1 fully saturated rings. The zero-order valence-electron chi connectivity index (χ0n) is 18.2. The Bertz CT molecular complexity index is 1200. The number of halogens is 3. The van der Waals surface area contributed by atoms with Crippen LogP contribution in [0.4, 0.5) is 19.0 Å². The summed E-state index contributed by atoms with van der Waals surface area (Å²) in [5, 5.41) is 13.0. The smallest absolute Gasteiger partial charge is 0.381 e. The fraction of sp³-hybridized carbons (Fsp3) is 0.435. The van der Waals surface area contributed by atoms with Gasteiger partial charge in [-0.3, -0.25) is 4.79 Å². The van der Waals surface area contributed by atoms with Gasteiger partial charge in [-0.05, 0) is 50.8 Å². The predicted molar refractivity (Wildman–Crippen MR) is 116 cm³/mol. The van der Waals surface area contributed by atoms with Crippen molar-refractivity contribution >= 4 is 16.6 Å². The molecule has 0 radical (unpaired) electrons. The number of pyridine rings is 1. The standard InChI is InChI=1S/C23H25F3N4O2/c1-13-17(5-4-6-20(13)23(24,25)26)14(2)27-22-19-12-30(16-7-9-32-10-8-16)21(31)11-18(19)15(3)28-29-22/h4-6,11-12,14,16H,7-10H2,1-3H3,(H,27,29)/t14-/m1/s1. The number of fused-ring (bicyclic) bond motifs is 1. The molecule has 1 aromatic carbocycles. The van der Waals surface area contributed by atoms with Crippen molar-refractivity contribution in [3.63, 3.8) is 0 Å². The van der Waals surface area contributed by atoms with Gasteiger partial charge in [-0.25, -0.2) is 0 Å². The summed E-state index contributed by atoms with van der Waals surface area (Å²) in [5.74, 6) is 0.427. The molecule has 9 heteroatoms. The second-order valence-electron chi connectivity index (χ2n) is 8.21. The molecular formula is C23H25F3N4O2. The normalized spacial score (nSPS) is 16.3. The zero-order valence-corrected chi connectivity index (χ0v) is 18.2. The maximum atomic E-state index is 13.3. The third-order valence-corrected chi connectivity index (χ3v) is 6.11. The van der Waals surface area contributed by atoms with Gasteiger partial charge >= 0.3 is 6.18 Å². The van der Waals surface area contributed by atoms with Crippen LogP contribution in [0.3, 0.4) is 0 Å². The number of aryl methyl sites for hydroxylation is 1. The predicted octanol–water partition coefficient (Wildman–Crippen LogP) is 4.95. The van der Waals surface area contributed by atoms with Gasteiger partial charge < -0.3 is 14.6 Å². The van der Waals surface area contributed by atoms with Crippen LogP contribution in [0, 0.1) is 13.8 Å². The van der Waals surface area contributed by atoms with Crippen molar-refractivity contribution in [2.45, 2.75) is 51.9 Å². The SMILES string of the molecule is Cc1c([C@@H](C)Nc2nnc(C)c3cc(=O)n(C4CCOCC4)cc23)cccc1C(F)(F)F. The van der Waals surface area contributed by atoms with E-state index >= 15 is 0 Å². The second-order valence-corrected chi connectivity index (χ2v) is 8.21. The molecule has 4 rings (SSSR count). The van der Waals surface area contributed by atoms with Gasteiger partial charge in [0.2, 0.25) is 0 Å². The van der Waals surface area contributed by atoms with Gasteiger partial charge in [-0.1, -0.05) is 12.1 Å². The first-order valence-electron chi connectivity index (χ1n) is 10.6. The molecule has 0 saturated carbocycles. The van der Waals surface area contributed by atoms with Crippen LogP contribution in [0.5, 0.6) is 0 Å². The molecule has 6 nitrogen and oxygen atoms in total. The van der Waals surface area contributed by atoms with E-state index in [-0.39, 0.29) is 17.2 Å². The molecule has 3 heterocycles. The quantitative estimate of drug-likeness (QED) is 0.614. The van der Waals surface area contributed by atoms with Crippen LogP contribution in [0.2, 0.25) is 0 Å². The maximum absolute atomic E-state index is 13.3. The lowest BCUT2D eigenvalue weighted by atomic mass is 9.97. The summed E-state index contributed by atoms with van der Waals surface area (Å²) in [7, 11) is 0. The van der Waals surface area contributed by atoms with Crippen LogP contribution in [-0.2, 0) is 10.9 Å². The topological polar surface area (TPSA) is 69.0 Å². The van der Waals surface area contributed by atoms with Crippen LogP contribution in [0.15, 0.2) is 35.3 Å². The molecule has 0 unspecified atom stereocenters. The summed E-state index contributed by atoms with van der Waals surface area (Å²) in [6.45, 7) is 6.22. The summed E-state index contributed by atoms with van der Waals surface area (Å²) in [4.78, 5) is 12.8. The minimum atomic E-state index is -4.42. The summed E-state index contributed by atoms with van der Waals surface area (Å²) in [5.41, 5.74) is 0.534. The summed E-state index contributed by atoms with van der Waals surface area (Å²) in [6.07, 6.45) is -1.16. The van der Waals surface area contributed by atoms with E-state index < -0.39 is 17.8 Å². The minimum absolute atomic E-state index is 0.0325. The second kappa shape index (κ2) is 8.54. The Kier molecular flexibility index (Phi) is 5.94. The highest BCUT2D eigenvalue weighted by Gasteiger charge is 2.33. The van der Waals surface area contributed by atoms with Crippen LogP contribution in [0.25, 0.3) is 10.8 Å². The molecule has 1 N–H and O–H groups in total. The average Bonchev–Trinajstić information content (AvgIpc) is 2.75. The first kappa shape index (κ1) is 22.3. The molecule has 1 aliphatic heterocycles. The Morgan fingerprint density at radius 1 is 1.16 bits per heavy atom. The number of ether oxygens (including phenoxy) is 1. The van der Waals surface area contributed by atoms with E-state index in [1.165, 1.54) is 13.0 Å². The van der Waals surface area contributed by atoms with Gasteiger partial charge in [0.15, 0.2) is 5.82 Å². The highest BCUT2D eigenvalue weighted by atomic mass is 19.4. The Morgan fingerprint density at radius 2 is 1.88 bits per heavy atom. The first-order chi connectivity index (χ1) is 15.2. The molecule has 1 aliphatic rings. The fourth-order valence-electron chi connectivity index (χ4n) is 4.34. The Labute approximate surface area is 183 Å². The number of aromatic nitrogens is 3. The highest BCUT2D eigenvalue weighted by molar-refractivity contribution is 5.92. The third kappa shape index (κ3) is 4.21. The minimum Gasteiger partial charge on any atom is -0.381 e. The van der Waals surface area contributed by atoms with Crippen molar-refractivity contribution in [1.82, 2.24) is 14.8 Å². The zero-order chi connectivity index (χ0) is 23.0. The monoisotopic (exact) mass is 446 g/mol. The van der Waals surface area contributed by atoms with Crippen molar-refractivity contribution < 1.29 is 17.9 Å². The van der Waals surface area contributed by atoms with Crippen molar-refractivity contribution in [3.8, 4) is 0 Å². The van der Waals surface area contributed by atoms with Gasteiger partial charge in [0.05, 0.1) is 17.3 Å². The largest absolute Gasteiger partial charge is 0.416 e. The number of anilines is 1. The molecular weight excluding hydrogens is 421 g/mol. The van der Waals surface area contributed by atoms with Gasteiger partial charge in [-0.15, -0.1) is 5.10 Å². The lowest BCUT2D eigenvalue weighted by Gasteiger charge is -2.25. The van der Waals surface area contributed by atoms with Crippen molar-refractivity contribution in [3.05, 3.63) is 63.2 Å². The van der Waals surface area contributed by atoms with Crippen molar-refractivity contribution in [2.75, 3.05) is 18.5 Å². The van der Waals surface area contributed by atoms with Crippen molar-refractivity contribution in [1.29, 1.82) is 0 Å². The average molecular weight is 446 g/mol. The number of hydrogen-bond acceptors (Lipinski definition) is 5. The Morgan fingerprint density at radius 3 is 2.56 bits per heavy atom. The van der Waals surface area contributed by atoms with Gasteiger partial charge in [0, 0.05) is 42.3 Å². The number of nitrogens with one attached hydrogen (secondary N) is 1. The van der Waals surface area contributed by atoms with E-state index in [0.29, 0.717) is 41.1 Å². The number of nitrogens with zero attached hydrogens (tertiary/aromatic N) is 3. The van der Waals surface area contributed by atoms with Gasteiger partial charge in [0.1, 0.15) is 0 Å². The van der Waals surface area contributed by atoms with Crippen LogP contribution in [0.1, 0.15) is 54.2 Å². The molecule has 0 amide bonds. The lowest BCUT2D eigenvalue weighted by molar-refractivity contribution is -0.138. The number of alkyl halides is 3. The van der Waals surface area contributed by atoms with Crippen LogP contribution < -0.4 is 10.9 Å². The third-order valence-electron chi connectivity index (χ3n) is 6.11. The number of hydrogen-bond donors (Lipinski definition) is 1. The molecule has 0 spiro atoms.